The predicted molar refractivity (Wildman–Crippen MR) is 101 cm³/mol. The van der Waals surface area contributed by atoms with E-state index in [4.69, 9.17) is 11.6 Å². The molecule has 0 aromatic carbocycles. The van der Waals surface area contributed by atoms with E-state index in [0.29, 0.717) is 11.8 Å². The van der Waals surface area contributed by atoms with Crippen molar-refractivity contribution in [1.29, 1.82) is 0 Å². The molecule has 0 amide bonds. The van der Waals surface area contributed by atoms with Crippen LogP contribution in [-0.2, 0) is 0 Å². The summed E-state index contributed by atoms with van der Waals surface area (Å²) in [4.78, 5) is 12.2. The average molecular weight is 344 g/mol. The first-order valence-electron chi connectivity index (χ1n) is 8.97. The Balaban J connectivity index is 1.75. The molecule has 2 aromatic rings. The maximum atomic E-state index is 6.07. The van der Waals surface area contributed by atoms with Crippen molar-refractivity contribution in [3.8, 4) is 0 Å². The number of hydrogen-bond donors (Lipinski definition) is 5. The zero-order valence-electron chi connectivity index (χ0n) is 14.9. The number of anilines is 2. The first-order chi connectivity index (χ1) is 12.1. The average Bonchev–Trinajstić information content (AvgIpc) is 3.29. The van der Waals surface area contributed by atoms with Crippen molar-refractivity contribution in [2.24, 2.45) is 17.5 Å². The Morgan fingerprint density at radius 2 is 2.16 bits per heavy atom. The molecule has 0 saturated heterocycles. The fourth-order valence-corrected chi connectivity index (χ4v) is 2.83. The number of H-pyrrole nitrogens is 1. The Labute approximate surface area is 148 Å². The van der Waals surface area contributed by atoms with Crippen LogP contribution in [0.15, 0.2) is 24.3 Å². The number of nitrogens with zero attached hydrogens (tertiary/aromatic N) is 3. The van der Waals surface area contributed by atoms with Crippen LogP contribution in [0.2, 0.25) is 0 Å². The molecule has 8 heteroatoms. The van der Waals surface area contributed by atoms with Gasteiger partial charge in [-0.05, 0) is 37.7 Å². The van der Waals surface area contributed by atoms with Gasteiger partial charge in [0, 0.05) is 18.8 Å². The SMILES string of the molecule is CCC(CC)N(N)/C=C(\N)Nc1nc(NCC2CC2)c2cc[nH]c2n1. The van der Waals surface area contributed by atoms with Crippen molar-refractivity contribution in [1.82, 2.24) is 20.0 Å². The van der Waals surface area contributed by atoms with Crippen LogP contribution < -0.4 is 22.2 Å². The maximum absolute atomic E-state index is 6.07. The van der Waals surface area contributed by atoms with E-state index in [-0.39, 0.29) is 6.04 Å². The summed E-state index contributed by atoms with van der Waals surface area (Å²) in [5, 5.41) is 9.08. The molecule has 1 saturated carbocycles. The first kappa shape index (κ1) is 17.3. The van der Waals surface area contributed by atoms with Crippen LogP contribution >= 0.6 is 0 Å². The first-order valence-corrected chi connectivity index (χ1v) is 8.97. The summed E-state index contributed by atoms with van der Waals surface area (Å²) in [6.45, 7) is 5.14. The highest BCUT2D eigenvalue weighted by Gasteiger charge is 2.21. The minimum Gasteiger partial charge on any atom is -0.384 e. The van der Waals surface area contributed by atoms with Gasteiger partial charge in [0.15, 0.2) is 0 Å². The van der Waals surface area contributed by atoms with E-state index in [0.717, 1.165) is 42.2 Å². The third-order valence-electron chi connectivity index (χ3n) is 4.58. The molecular weight excluding hydrogens is 316 g/mol. The predicted octanol–water partition coefficient (Wildman–Crippen LogP) is 2.31. The van der Waals surface area contributed by atoms with E-state index < -0.39 is 0 Å². The van der Waals surface area contributed by atoms with Crippen molar-refractivity contribution >= 4 is 22.8 Å². The molecule has 0 unspecified atom stereocenters. The summed E-state index contributed by atoms with van der Waals surface area (Å²) in [7, 11) is 0. The van der Waals surface area contributed by atoms with Crippen molar-refractivity contribution < 1.29 is 0 Å². The number of nitrogens with two attached hydrogens (primary N) is 2. The lowest BCUT2D eigenvalue weighted by Gasteiger charge is -2.24. The molecule has 2 aromatic heterocycles. The summed E-state index contributed by atoms with van der Waals surface area (Å²) in [6.07, 6.45) is 8.04. The Kier molecular flexibility index (Phi) is 5.28. The third kappa shape index (κ3) is 4.33. The molecule has 3 rings (SSSR count). The summed E-state index contributed by atoms with van der Waals surface area (Å²) in [5.41, 5.74) is 6.84. The van der Waals surface area contributed by atoms with Gasteiger partial charge in [-0.15, -0.1) is 0 Å². The lowest BCUT2D eigenvalue weighted by atomic mass is 10.2. The van der Waals surface area contributed by atoms with Crippen LogP contribution in [0, 0.1) is 5.92 Å². The summed E-state index contributed by atoms with van der Waals surface area (Å²) >= 11 is 0. The highest BCUT2D eigenvalue weighted by Crippen LogP contribution is 2.30. The van der Waals surface area contributed by atoms with Crippen LogP contribution in [0.1, 0.15) is 39.5 Å². The van der Waals surface area contributed by atoms with E-state index in [9.17, 15) is 0 Å². The van der Waals surface area contributed by atoms with E-state index in [2.05, 4.69) is 39.4 Å². The van der Waals surface area contributed by atoms with Gasteiger partial charge in [-0.2, -0.15) is 9.97 Å². The number of fused-ring (bicyclic) bond motifs is 1. The molecule has 7 N–H and O–H groups in total. The molecule has 0 spiro atoms. The molecule has 1 aliphatic rings. The number of hydrazine groups is 1. The molecule has 1 aliphatic carbocycles. The van der Waals surface area contributed by atoms with Crippen molar-refractivity contribution in [2.75, 3.05) is 17.2 Å². The van der Waals surface area contributed by atoms with Gasteiger partial charge in [0.25, 0.3) is 0 Å². The standard InChI is InChI=1S/C17H28N8/c1-3-12(4-2)25(19)10-14(18)22-17-23-15-13(7-8-20-15)16(24-17)21-9-11-5-6-11/h7-8,10-12H,3-6,9,18-19H2,1-2H3,(H3,20,21,22,23,24)/b14-10+. The van der Waals surface area contributed by atoms with Crippen molar-refractivity contribution in [3.05, 3.63) is 24.3 Å². The molecule has 0 aliphatic heterocycles. The molecular formula is C17H28N8. The van der Waals surface area contributed by atoms with E-state index >= 15 is 0 Å². The number of hydrogen-bond acceptors (Lipinski definition) is 7. The fraction of sp³-hybridized carbons (Fsp3) is 0.529. The molecule has 136 valence electrons. The summed E-state index contributed by atoms with van der Waals surface area (Å²) in [6, 6.07) is 2.23. The lowest BCUT2D eigenvalue weighted by Crippen LogP contribution is -2.37. The fourth-order valence-electron chi connectivity index (χ4n) is 2.83. The van der Waals surface area contributed by atoms with Crippen LogP contribution in [-0.4, -0.2) is 32.5 Å². The molecule has 25 heavy (non-hydrogen) atoms. The van der Waals surface area contributed by atoms with Gasteiger partial charge in [-0.25, -0.2) is 5.84 Å². The zero-order chi connectivity index (χ0) is 17.8. The second-order valence-electron chi connectivity index (χ2n) is 6.59. The van der Waals surface area contributed by atoms with Crippen LogP contribution in [0.4, 0.5) is 11.8 Å². The van der Waals surface area contributed by atoms with Crippen molar-refractivity contribution in [2.45, 2.75) is 45.6 Å². The number of aromatic nitrogens is 3. The highest BCUT2D eigenvalue weighted by atomic mass is 15.4. The molecule has 0 atom stereocenters. The van der Waals surface area contributed by atoms with Crippen LogP contribution in [0.5, 0.6) is 0 Å². The van der Waals surface area contributed by atoms with Gasteiger partial charge in [0.1, 0.15) is 17.3 Å². The molecule has 0 bridgehead atoms. The smallest absolute Gasteiger partial charge is 0.232 e. The van der Waals surface area contributed by atoms with Gasteiger partial charge in [-0.1, -0.05) is 13.8 Å². The number of rotatable bonds is 9. The topological polar surface area (TPSA) is 121 Å². The Hall–Kier alpha value is -2.48. The zero-order valence-corrected chi connectivity index (χ0v) is 14.9. The van der Waals surface area contributed by atoms with Crippen molar-refractivity contribution in [3.63, 3.8) is 0 Å². The van der Waals surface area contributed by atoms with Gasteiger partial charge in [0.05, 0.1) is 11.6 Å². The normalized spacial score (nSPS) is 15.0. The molecule has 8 nitrogen and oxygen atoms in total. The quantitative estimate of drug-likeness (QED) is 0.349. The monoisotopic (exact) mass is 344 g/mol. The third-order valence-corrected chi connectivity index (χ3v) is 4.58. The van der Waals surface area contributed by atoms with Gasteiger partial charge in [-0.3, -0.25) is 0 Å². The maximum Gasteiger partial charge on any atom is 0.232 e. The van der Waals surface area contributed by atoms with Gasteiger partial charge >= 0.3 is 0 Å². The Morgan fingerprint density at radius 3 is 2.84 bits per heavy atom. The number of aromatic amines is 1. The molecule has 2 heterocycles. The second-order valence-corrected chi connectivity index (χ2v) is 6.59. The van der Waals surface area contributed by atoms with E-state index in [1.807, 2.05) is 12.3 Å². The number of nitrogens with one attached hydrogen (secondary N) is 3. The van der Waals surface area contributed by atoms with Gasteiger partial charge in [0.2, 0.25) is 5.95 Å². The minimum atomic E-state index is 0.253. The summed E-state index contributed by atoms with van der Waals surface area (Å²) in [5.74, 6) is 8.50. The Morgan fingerprint density at radius 1 is 1.40 bits per heavy atom. The van der Waals surface area contributed by atoms with E-state index in [1.165, 1.54) is 12.8 Å². The van der Waals surface area contributed by atoms with Gasteiger partial charge < -0.3 is 26.4 Å². The lowest BCUT2D eigenvalue weighted by molar-refractivity contribution is 0.267. The molecule has 1 fully saturated rings. The molecule has 0 radical (unpaired) electrons. The van der Waals surface area contributed by atoms with Crippen LogP contribution in [0.25, 0.3) is 11.0 Å². The highest BCUT2D eigenvalue weighted by molar-refractivity contribution is 5.88. The summed E-state index contributed by atoms with van der Waals surface area (Å²) < 4.78 is 0. The van der Waals surface area contributed by atoms with Crippen LogP contribution in [0.3, 0.4) is 0 Å². The minimum absolute atomic E-state index is 0.253. The Bertz CT molecular complexity index is 729. The largest absolute Gasteiger partial charge is 0.384 e. The second kappa shape index (κ2) is 7.60. The van der Waals surface area contributed by atoms with E-state index in [1.54, 1.807) is 11.2 Å².